The Morgan fingerprint density at radius 2 is 1.62 bits per heavy atom. The Morgan fingerprint density at radius 3 is 2.08 bits per heavy atom. The van der Waals surface area contributed by atoms with Gasteiger partial charge in [-0.2, -0.15) is 6.92 Å². The van der Waals surface area contributed by atoms with E-state index in [0.29, 0.717) is 0 Å². The van der Waals surface area contributed by atoms with Gasteiger partial charge in [0.25, 0.3) is 0 Å². The zero-order valence-corrected chi connectivity index (χ0v) is 11.6. The van der Waals surface area contributed by atoms with Crippen LogP contribution in [0.4, 0.5) is 0 Å². The van der Waals surface area contributed by atoms with Gasteiger partial charge in [0.2, 0.25) is 0 Å². The van der Waals surface area contributed by atoms with Crippen LogP contribution in [0.1, 0.15) is 39.5 Å². The average Bonchev–Trinajstić information content (AvgIpc) is 2.12. The van der Waals surface area contributed by atoms with Gasteiger partial charge in [-0.05, 0) is 49.5 Å². The van der Waals surface area contributed by atoms with Crippen LogP contribution in [0.5, 0.6) is 0 Å². The van der Waals surface area contributed by atoms with Crippen LogP contribution in [0.25, 0.3) is 0 Å². The molecular formula is C11H20NY-. The Balaban J connectivity index is 0.000000845. The zero-order valence-electron chi connectivity index (χ0n) is 8.79. The minimum atomic E-state index is 0. The van der Waals surface area contributed by atoms with Crippen LogP contribution < -0.4 is 5.32 Å². The second-order valence-corrected chi connectivity index (χ2v) is 4.52. The molecule has 0 saturated heterocycles. The van der Waals surface area contributed by atoms with Crippen molar-refractivity contribution in [2.75, 3.05) is 0 Å². The summed E-state index contributed by atoms with van der Waals surface area (Å²) < 4.78 is 0. The number of fused-ring (bicyclic) bond motifs is 3. The SMILES string of the molecule is C[CH-]N[C@H]1C2CCC(CC2)[C@H]1C.[Y]. The van der Waals surface area contributed by atoms with Gasteiger partial charge in [-0.3, -0.25) is 6.54 Å². The molecule has 0 spiro atoms. The molecule has 3 fully saturated rings. The van der Waals surface area contributed by atoms with Gasteiger partial charge in [0.05, 0.1) is 0 Å². The largest absolute Gasteiger partial charge is 0.467 e. The first-order chi connectivity index (χ1) is 5.83. The Morgan fingerprint density at radius 1 is 1.08 bits per heavy atom. The summed E-state index contributed by atoms with van der Waals surface area (Å²) in [6.45, 7) is 6.66. The number of nitrogens with one attached hydrogen (secondary N) is 1. The third-order valence-electron chi connectivity index (χ3n) is 3.99. The molecule has 13 heavy (non-hydrogen) atoms. The van der Waals surface area contributed by atoms with Gasteiger partial charge >= 0.3 is 0 Å². The van der Waals surface area contributed by atoms with E-state index in [-0.39, 0.29) is 32.7 Å². The maximum atomic E-state index is 3.54. The van der Waals surface area contributed by atoms with Crippen molar-refractivity contribution < 1.29 is 32.7 Å². The number of rotatable bonds is 2. The average molecular weight is 255 g/mol. The van der Waals surface area contributed by atoms with E-state index >= 15 is 0 Å². The summed E-state index contributed by atoms with van der Waals surface area (Å²) in [6, 6.07) is 0.794. The molecule has 0 unspecified atom stereocenters. The van der Waals surface area contributed by atoms with Crippen molar-refractivity contribution in [1.29, 1.82) is 0 Å². The molecule has 0 aromatic heterocycles. The second-order valence-electron chi connectivity index (χ2n) is 4.52. The van der Waals surface area contributed by atoms with Crippen molar-refractivity contribution in [2.24, 2.45) is 17.8 Å². The predicted octanol–water partition coefficient (Wildman–Crippen LogP) is 2.58. The van der Waals surface area contributed by atoms with E-state index in [9.17, 15) is 0 Å². The van der Waals surface area contributed by atoms with E-state index in [2.05, 4.69) is 25.7 Å². The molecule has 2 bridgehead atoms. The molecule has 2 heteroatoms. The van der Waals surface area contributed by atoms with E-state index in [1.54, 1.807) is 0 Å². The van der Waals surface area contributed by atoms with Crippen LogP contribution in [0.15, 0.2) is 0 Å². The molecule has 2 atom stereocenters. The molecule has 1 radical (unpaired) electrons. The van der Waals surface area contributed by atoms with Gasteiger partial charge in [0.15, 0.2) is 0 Å². The van der Waals surface area contributed by atoms with Gasteiger partial charge in [-0.25, -0.2) is 0 Å². The summed E-state index contributed by atoms with van der Waals surface area (Å²) in [5.41, 5.74) is 0. The quantitative estimate of drug-likeness (QED) is 0.748. The summed E-state index contributed by atoms with van der Waals surface area (Å²) in [6.07, 6.45) is 5.93. The first kappa shape index (κ1) is 12.1. The number of hydrogen-bond acceptors (Lipinski definition) is 1. The van der Waals surface area contributed by atoms with E-state index in [0.717, 1.165) is 23.8 Å². The van der Waals surface area contributed by atoms with Gasteiger partial charge in [-0.1, -0.05) is 6.92 Å². The molecule has 0 aromatic carbocycles. The Hall–Kier alpha value is 1.06. The van der Waals surface area contributed by atoms with Crippen molar-refractivity contribution in [3.8, 4) is 0 Å². The molecule has 0 heterocycles. The molecule has 0 aliphatic heterocycles. The smallest absolute Gasteiger partial charge is 0 e. The topological polar surface area (TPSA) is 12.0 Å². The summed E-state index contributed by atoms with van der Waals surface area (Å²) >= 11 is 0. The molecule has 3 saturated carbocycles. The molecular weight excluding hydrogens is 235 g/mol. The molecule has 0 amide bonds. The summed E-state index contributed by atoms with van der Waals surface area (Å²) in [5.74, 6) is 2.90. The van der Waals surface area contributed by atoms with E-state index < -0.39 is 0 Å². The van der Waals surface area contributed by atoms with Crippen molar-refractivity contribution in [1.82, 2.24) is 5.32 Å². The van der Waals surface area contributed by atoms with Crippen molar-refractivity contribution >= 4 is 0 Å². The second kappa shape index (κ2) is 5.23. The summed E-state index contributed by atoms with van der Waals surface area (Å²) in [5, 5.41) is 3.54. The fourth-order valence-electron chi connectivity index (χ4n) is 3.23. The fraction of sp³-hybridized carbons (Fsp3) is 0.909. The standard InChI is InChI=1S/C11H20N.Y/c1-3-12-11-8(2)9-4-6-10(11)7-5-9;/h3,8-12H,4-7H2,1-2H3;/q-1;/t8-,9?,10?,11-;/m1./s1. The van der Waals surface area contributed by atoms with Gasteiger partial charge in [0.1, 0.15) is 0 Å². The Bertz CT molecular complexity index is 150. The molecule has 0 aromatic rings. The van der Waals surface area contributed by atoms with E-state index in [1.165, 1.54) is 25.7 Å². The minimum Gasteiger partial charge on any atom is -0.467 e. The van der Waals surface area contributed by atoms with Crippen molar-refractivity contribution in [3.05, 3.63) is 6.54 Å². The summed E-state index contributed by atoms with van der Waals surface area (Å²) in [4.78, 5) is 0. The van der Waals surface area contributed by atoms with Crippen LogP contribution in [-0.4, -0.2) is 6.04 Å². The maximum Gasteiger partial charge on any atom is 0 e. The van der Waals surface area contributed by atoms with Crippen LogP contribution in [0, 0.1) is 24.3 Å². The zero-order chi connectivity index (χ0) is 8.55. The molecule has 3 aliphatic carbocycles. The third-order valence-corrected chi connectivity index (χ3v) is 3.99. The minimum absolute atomic E-state index is 0. The van der Waals surface area contributed by atoms with Crippen molar-refractivity contribution in [3.63, 3.8) is 0 Å². The van der Waals surface area contributed by atoms with Gasteiger partial charge in [0, 0.05) is 32.7 Å². The molecule has 3 rings (SSSR count). The fourth-order valence-corrected chi connectivity index (χ4v) is 3.23. The van der Waals surface area contributed by atoms with Crippen LogP contribution in [0.2, 0.25) is 0 Å². The van der Waals surface area contributed by atoms with E-state index in [1.807, 2.05) is 0 Å². The Kier molecular flexibility index (Phi) is 4.88. The van der Waals surface area contributed by atoms with Crippen LogP contribution >= 0.6 is 0 Å². The molecule has 73 valence electrons. The number of hydrogen-bond donors (Lipinski definition) is 1. The molecule has 1 nitrogen and oxygen atoms in total. The summed E-state index contributed by atoms with van der Waals surface area (Å²) in [7, 11) is 0. The first-order valence-electron chi connectivity index (χ1n) is 5.37. The van der Waals surface area contributed by atoms with Gasteiger partial charge < -0.3 is 5.32 Å². The molecule has 3 aliphatic rings. The molecule has 1 N–H and O–H groups in total. The first-order valence-corrected chi connectivity index (χ1v) is 5.37. The van der Waals surface area contributed by atoms with E-state index in [4.69, 9.17) is 0 Å². The normalized spacial score (nSPS) is 42.9. The van der Waals surface area contributed by atoms with Crippen LogP contribution in [-0.2, 0) is 32.7 Å². The van der Waals surface area contributed by atoms with Gasteiger partial charge in [-0.15, -0.1) is 0 Å². The van der Waals surface area contributed by atoms with Crippen molar-refractivity contribution in [2.45, 2.75) is 45.6 Å². The third kappa shape index (κ3) is 2.35. The maximum absolute atomic E-state index is 3.54. The predicted molar refractivity (Wildman–Crippen MR) is 51.5 cm³/mol. The van der Waals surface area contributed by atoms with Crippen LogP contribution in [0.3, 0.4) is 0 Å². The monoisotopic (exact) mass is 255 g/mol. The Labute approximate surface area is 107 Å².